The molecule has 4 N–H and O–H groups in total. The van der Waals surface area contributed by atoms with Gasteiger partial charge in [-0.25, -0.2) is 22.9 Å². The van der Waals surface area contributed by atoms with Gasteiger partial charge in [0.05, 0.1) is 4.90 Å². The number of aromatic nitrogens is 2. The molecule has 2 saturated heterocycles. The number of anilines is 5. The largest absolute Gasteiger partial charge is 0.465 e. The molecule has 3 heterocycles. The molecule has 2 aliphatic rings. The standard InChI is InChI=1S/C28H36N8O4S/c1-20-19-29-27(31-21-6-8-24(9-7-21)35-16-14-34(2)15-17-35)32-26(20)30-23-4-3-5-25(18-23)41(39,40)33-22-10-12-36(13-11-22)28(37)38/h3-9,18-19,22,33H,10-17H2,1-2H3,(H,37,38)(H2,29,30,31,32). The summed E-state index contributed by atoms with van der Waals surface area (Å²) >= 11 is 0. The first-order chi connectivity index (χ1) is 19.7. The van der Waals surface area contributed by atoms with Crippen molar-refractivity contribution in [3.05, 3.63) is 60.3 Å². The molecule has 5 rings (SSSR count). The maximum atomic E-state index is 13.1. The minimum atomic E-state index is -3.79. The van der Waals surface area contributed by atoms with Gasteiger partial charge in [0.1, 0.15) is 5.82 Å². The molecule has 0 aliphatic carbocycles. The van der Waals surface area contributed by atoms with Crippen molar-refractivity contribution in [2.75, 3.05) is 61.8 Å². The lowest BCUT2D eigenvalue weighted by atomic mass is 10.1. The Kier molecular flexibility index (Phi) is 8.57. The fraction of sp³-hybridized carbons (Fsp3) is 0.393. The Bertz CT molecular complexity index is 1470. The molecule has 12 nitrogen and oxygen atoms in total. The number of sulfonamides is 1. The number of amides is 1. The van der Waals surface area contributed by atoms with Gasteiger partial charge in [-0.3, -0.25) is 0 Å². The van der Waals surface area contributed by atoms with E-state index in [1.54, 1.807) is 24.4 Å². The van der Waals surface area contributed by atoms with Crippen molar-refractivity contribution in [3.63, 3.8) is 0 Å². The first-order valence-corrected chi connectivity index (χ1v) is 15.2. The van der Waals surface area contributed by atoms with Gasteiger partial charge in [-0.15, -0.1) is 0 Å². The zero-order valence-electron chi connectivity index (χ0n) is 23.2. The summed E-state index contributed by atoms with van der Waals surface area (Å²) in [4.78, 5) is 26.3. The predicted molar refractivity (Wildman–Crippen MR) is 159 cm³/mol. The van der Waals surface area contributed by atoms with E-state index < -0.39 is 16.1 Å². The van der Waals surface area contributed by atoms with Gasteiger partial charge in [0.15, 0.2) is 0 Å². The number of piperidine rings is 1. The smallest absolute Gasteiger partial charge is 0.407 e. The van der Waals surface area contributed by atoms with Crippen LogP contribution in [0.15, 0.2) is 59.6 Å². The summed E-state index contributed by atoms with van der Waals surface area (Å²) < 4.78 is 28.9. The molecule has 1 amide bonds. The Morgan fingerprint density at radius 3 is 2.34 bits per heavy atom. The van der Waals surface area contributed by atoms with Crippen LogP contribution in [0.25, 0.3) is 0 Å². The maximum absolute atomic E-state index is 13.1. The molecule has 0 spiro atoms. The Hall–Kier alpha value is -3.94. The van der Waals surface area contributed by atoms with Gasteiger partial charge in [0.2, 0.25) is 16.0 Å². The third-order valence-electron chi connectivity index (χ3n) is 7.46. The molecule has 0 bridgehead atoms. The molecule has 218 valence electrons. The van der Waals surface area contributed by atoms with E-state index in [0.29, 0.717) is 43.4 Å². The van der Waals surface area contributed by atoms with E-state index in [4.69, 9.17) is 5.11 Å². The van der Waals surface area contributed by atoms with Crippen LogP contribution in [-0.4, -0.2) is 91.7 Å². The molecule has 0 radical (unpaired) electrons. The minimum absolute atomic E-state index is 0.119. The number of carboxylic acid groups (broad SMARTS) is 1. The van der Waals surface area contributed by atoms with Gasteiger partial charge >= 0.3 is 6.09 Å². The number of benzene rings is 2. The first kappa shape index (κ1) is 28.6. The van der Waals surface area contributed by atoms with Crippen LogP contribution in [0.1, 0.15) is 18.4 Å². The Balaban J connectivity index is 1.23. The van der Waals surface area contributed by atoms with Crippen LogP contribution < -0.4 is 20.3 Å². The molecule has 13 heteroatoms. The lowest BCUT2D eigenvalue weighted by Gasteiger charge is -2.34. The highest BCUT2D eigenvalue weighted by Crippen LogP contribution is 2.25. The lowest BCUT2D eigenvalue weighted by Crippen LogP contribution is -2.46. The summed E-state index contributed by atoms with van der Waals surface area (Å²) in [6.45, 7) is 6.58. The first-order valence-electron chi connectivity index (χ1n) is 13.7. The van der Waals surface area contributed by atoms with Crippen LogP contribution in [0, 0.1) is 6.92 Å². The molecular formula is C28H36N8O4S. The van der Waals surface area contributed by atoms with Crippen LogP contribution in [-0.2, 0) is 10.0 Å². The number of likely N-dealkylation sites (tertiary alicyclic amines) is 1. The van der Waals surface area contributed by atoms with Crippen LogP contribution in [0.4, 0.5) is 33.6 Å². The molecule has 1 aromatic heterocycles. The zero-order chi connectivity index (χ0) is 29.0. The highest BCUT2D eigenvalue weighted by Gasteiger charge is 2.26. The monoisotopic (exact) mass is 580 g/mol. The second kappa shape index (κ2) is 12.3. The number of rotatable bonds is 8. The van der Waals surface area contributed by atoms with Crippen LogP contribution >= 0.6 is 0 Å². The van der Waals surface area contributed by atoms with Gasteiger partial charge in [-0.1, -0.05) is 6.07 Å². The Morgan fingerprint density at radius 2 is 1.66 bits per heavy atom. The predicted octanol–water partition coefficient (Wildman–Crippen LogP) is 3.44. The number of likely N-dealkylation sites (N-methyl/N-ethyl adjacent to an activating group) is 1. The normalized spacial score (nSPS) is 16.9. The average molecular weight is 581 g/mol. The molecule has 2 aliphatic heterocycles. The molecule has 0 atom stereocenters. The summed E-state index contributed by atoms with van der Waals surface area (Å²) in [7, 11) is -1.65. The molecule has 2 fully saturated rings. The summed E-state index contributed by atoms with van der Waals surface area (Å²) in [5, 5.41) is 15.6. The summed E-state index contributed by atoms with van der Waals surface area (Å²) in [6, 6.07) is 14.4. The van der Waals surface area contributed by atoms with Crippen molar-refractivity contribution < 1.29 is 18.3 Å². The number of nitrogens with one attached hydrogen (secondary N) is 3. The topological polar surface area (TPSA) is 143 Å². The SMILES string of the molecule is Cc1cnc(Nc2ccc(N3CCN(C)CC3)cc2)nc1Nc1cccc(S(=O)(=O)NC2CCN(C(=O)O)CC2)c1. The number of piperazine rings is 1. The van der Waals surface area contributed by atoms with Gasteiger partial charge in [0, 0.05) is 74.1 Å². The molecular weight excluding hydrogens is 544 g/mol. The quantitative estimate of drug-likeness (QED) is 0.313. The van der Waals surface area contributed by atoms with E-state index in [1.165, 1.54) is 16.7 Å². The maximum Gasteiger partial charge on any atom is 0.407 e. The van der Waals surface area contributed by atoms with Crippen LogP contribution in [0.5, 0.6) is 0 Å². The van der Waals surface area contributed by atoms with E-state index in [-0.39, 0.29) is 10.9 Å². The van der Waals surface area contributed by atoms with Crippen molar-refractivity contribution in [1.29, 1.82) is 0 Å². The number of hydrogen-bond donors (Lipinski definition) is 4. The minimum Gasteiger partial charge on any atom is -0.465 e. The molecule has 0 saturated carbocycles. The van der Waals surface area contributed by atoms with E-state index >= 15 is 0 Å². The number of carbonyl (C=O) groups is 1. The highest BCUT2D eigenvalue weighted by atomic mass is 32.2. The lowest BCUT2D eigenvalue weighted by molar-refractivity contribution is 0.131. The van der Waals surface area contributed by atoms with Crippen LogP contribution in [0.3, 0.4) is 0 Å². The summed E-state index contributed by atoms with van der Waals surface area (Å²) in [6.07, 6.45) is 1.58. The molecule has 3 aromatic rings. The van der Waals surface area contributed by atoms with Gasteiger partial charge in [-0.2, -0.15) is 4.98 Å². The van der Waals surface area contributed by atoms with E-state index in [2.05, 4.69) is 54.3 Å². The third-order valence-corrected chi connectivity index (χ3v) is 8.98. The number of hydrogen-bond acceptors (Lipinski definition) is 9. The van der Waals surface area contributed by atoms with Crippen molar-refractivity contribution in [1.82, 2.24) is 24.5 Å². The molecule has 0 unspecified atom stereocenters. The van der Waals surface area contributed by atoms with E-state index in [1.807, 2.05) is 19.1 Å². The Labute approximate surface area is 240 Å². The molecule has 41 heavy (non-hydrogen) atoms. The van der Waals surface area contributed by atoms with Crippen LogP contribution in [0.2, 0.25) is 0 Å². The third kappa shape index (κ3) is 7.23. The number of aryl methyl sites for hydroxylation is 1. The summed E-state index contributed by atoms with van der Waals surface area (Å²) in [5.41, 5.74) is 3.42. The van der Waals surface area contributed by atoms with Crippen molar-refractivity contribution >= 4 is 44.9 Å². The molecule has 2 aromatic carbocycles. The summed E-state index contributed by atoms with van der Waals surface area (Å²) in [5.74, 6) is 0.976. The van der Waals surface area contributed by atoms with E-state index in [0.717, 1.165) is 37.4 Å². The fourth-order valence-corrected chi connectivity index (χ4v) is 6.28. The van der Waals surface area contributed by atoms with Gasteiger partial charge in [0.25, 0.3) is 0 Å². The van der Waals surface area contributed by atoms with Crippen molar-refractivity contribution in [2.45, 2.75) is 30.7 Å². The van der Waals surface area contributed by atoms with Gasteiger partial charge < -0.3 is 30.4 Å². The fourth-order valence-electron chi connectivity index (χ4n) is 4.93. The van der Waals surface area contributed by atoms with Gasteiger partial charge in [-0.05, 0) is 69.3 Å². The van der Waals surface area contributed by atoms with Crippen molar-refractivity contribution in [3.8, 4) is 0 Å². The van der Waals surface area contributed by atoms with Crippen molar-refractivity contribution in [2.24, 2.45) is 0 Å². The van der Waals surface area contributed by atoms with E-state index in [9.17, 15) is 13.2 Å². The highest BCUT2D eigenvalue weighted by molar-refractivity contribution is 7.89. The zero-order valence-corrected chi connectivity index (χ0v) is 24.1. The number of nitrogens with zero attached hydrogens (tertiary/aromatic N) is 5. The second-order valence-electron chi connectivity index (χ2n) is 10.5. The second-order valence-corrected chi connectivity index (χ2v) is 12.2. The average Bonchev–Trinajstić information content (AvgIpc) is 2.96. The Morgan fingerprint density at radius 1 is 0.951 bits per heavy atom.